The van der Waals surface area contributed by atoms with Gasteiger partial charge in [-0.25, -0.2) is 0 Å². The number of nitrogens with two attached hydrogens (primary N) is 1. The van der Waals surface area contributed by atoms with E-state index in [1.807, 2.05) is 24.3 Å². The van der Waals surface area contributed by atoms with Gasteiger partial charge in [0, 0.05) is 5.75 Å². The van der Waals surface area contributed by atoms with Crippen LogP contribution < -0.4 is 5.73 Å². The summed E-state index contributed by atoms with van der Waals surface area (Å²) in [6.45, 7) is 0.0959. The Kier molecular flexibility index (Phi) is 3.85. The van der Waals surface area contributed by atoms with Crippen molar-refractivity contribution < 1.29 is 5.11 Å². The molecule has 0 heterocycles. The largest absolute Gasteiger partial charge is 0.392 e. The maximum absolute atomic E-state index is 8.91. The number of hydrogen-bond acceptors (Lipinski definition) is 3. The molecule has 1 aliphatic rings. The van der Waals surface area contributed by atoms with Gasteiger partial charge in [-0.2, -0.15) is 0 Å². The maximum Gasteiger partial charge on any atom is 0.154 e. The summed E-state index contributed by atoms with van der Waals surface area (Å²) < 4.78 is 0. The van der Waals surface area contributed by atoms with Crippen molar-refractivity contribution in [2.75, 3.05) is 0 Å². The number of rotatable bonds is 4. The highest BCUT2D eigenvalue weighted by atomic mass is 32.2. The molecule has 0 unspecified atom stereocenters. The lowest BCUT2D eigenvalue weighted by molar-refractivity contribution is 0.282. The van der Waals surface area contributed by atoms with Gasteiger partial charge in [0.15, 0.2) is 5.17 Å². The van der Waals surface area contributed by atoms with Crippen LogP contribution in [-0.2, 0) is 12.4 Å². The van der Waals surface area contributed by atoms with Gasteiger partial charge in [-0.05, 0) is 24.0 Å². The molecule has 1 fully saturated rings. The SMILES string of the molecule is NC(=NC1CC1)SCc1ccc(CO)cc1. The van der Waals surface area contributed by atoms with Crippen molar-refractivity contribution in [3.63, 3.8) is 0 Å². The molecule has 1 aromatic rings. The van der Waals surface area contributed by atoms with Crippen LogP contribution >= 0.6 is 11.8 Å². The van der Waals surface area contributed by atoms with Crippen molar-refractivity contribution in [3.05, 3.63) is 35.4 Å². The van der Waals surface area contributed by atoms with Crippen LogP contribution in [0.2, 0.25) is 0 Å². The molecule has 4 heteroatoms. The van der Waals surface area contributed by atoms with E-state index in [1.165, 1.54) is 18.4 Å². The van der Waals surface area contributed by atoms with Crippen LogP contribution in [0.25, 0.3) is 0 Å². The van der Waals surface area contributed by atoms with E-state index in [-0.39, 0.29) is 6.61 Å². The number of aliphatic imine (C=N–C) groups is 1. The first kappa shape index (κ1) is 11.5. The average Bonchev–Trinajstić information content (AvgIpc) is 3.11. The molecular formula is C12H16N2OS. The maximum atomic E-state index is 8.91. The topological polar surface area (TPSA) is 58.6 Å². The molecule has 1 aliphatic carbocycles. The fraction of sp³-hybridized carbons (Fsp3) is 0.417. The van der Waals surface area contributed by atoms with Gasteiger partial charge in [-0.3, -0.25) is 4.99 Å². The Morgan fingerprint density at radius 1 is 1.31 bits per heavy atom. The second-order valence-corrected chi connectivity index (χ2v) is 4.96. The Bertz CT molecular complexity index is 371. The van der Waals surface area contributed by atoms with E-state index in [0.29, 0.717) is 11.2 Å². The molecule has 0 amide bonds. The summed E-state index contributed by atoms with van der Waals surface area (Å²) in [5, 5.41) is 9.60. The van der Waals surface area contributed by atoms with Gasteiger partial charge in [0.05, 0.1) is 12.6 Å². The van der Waals surface area contributed by atoms with Gasteiger partial charge < -0.3 is 10.8 Å². The van der Waals surface area contributed by atoms with Crippen LogP contribution in [0.15, 0.2) is 29.3 Å². The molecule has 1 saturated carbocycles. The molecule has 0 spiro atoms. The van der Waals surface area contributed by atoms with E-state index in [4.69, 9.17) is 10.8 Å². The minimum absolute atomic E-state index is 0.0959. The minimum Gasteiger partial charge on any atom is -0.392 e. The molecule has 0 atom stereocenters. The van der Waals surface area contributed by atoms with Gasteiger partial charge in [0.2, 0.25) is 0 Å². The standard InChI is InChI=1S/C12H16N2OS/c13-12(14-11-5-6-11)16-8-10-3-1-9(7-15)2-4-10/h1-4,11,15H,5-8H2,(H2,13,14). The zero-order chi connectivity index (χ0) is 11.4. The monoisotopic (exact) mass is 236 g/mol. The quantitative estimate of drug-likeness (QED) is 0.620. The van der Waals surface area contributed by atoms with E-state index in [1.54, 1.807) is 11.8 Å². The molecule has 0 aromatic heterocycles. The Hall–Kier alpha value is -1.00. The summed E-state index contributed by atoms with van der Waals surface area (Å²) >= 11 is 1.58. The van der Waals surface area contributed by atoms with Gasteiger partial charge in [0.1, 0.15) is 0 Å². The van der Waals surface area contributed by atoms with Crippen LogP contribution in [0.4, 0.5) is 0 Å². The van der Waals surface area contributed by atoms with Gasteiger partial charge in [-0.15, -0.1) is 0 Å². The Morgan fingerprint density at radius 3 is 2.50 bits per heavy atom. The Labute approximate surface area is 99.8 Å². The Morgan fingerprint density at radius 2 is 1.94 bits per heavy atom. The zero-order valence-electron chi connectivity index (χ0n) is 9.10. The number of thioether (sulfide) groups is 1. The van der Waals surface area contributed by atoms with Gasteiger partial charge in [0.25, 0.3) is 0 Å². The van der Waals surface area contributed by atoms with E-state index in [9.17, 15) is 0 Å². The van der Waals surface area contributed by atoms with Crippen molar-refractivity contribution in [1.82, 2.24) is 0 Å². The molecule has 2 rings (SSSR count). The third-order valence-electron chi connectivity index (χ3n) is 2.45. The van der Waals surface area contributed by atoms with Crippen molar-refractivity contribution >= 4 is 16.9 Å². The molecule has 86 valence electrons. The van der Waals surface area contributed by atoms with E-state index in [0.717, 1.165) is 11.3 Å². The molecule has 0 saturated heterocycles. The Balaban J connectivity index is 1.83. The molecule has 0 radical (unpaired) electrons. The molecule has 16 heavy (non-hydrogen) atoms. The summed E-state index contributed by atoms with van der Waals surface area (Å²) in [6.07, 6.45) is 2.37. The normalized spacial score (nSPS) is 16.4. The van der Waals surface area contributed by atoms with Crippen LogP contribution in [0, 0.1) is 0 Å². The lowest BCUT2D eigenvalue weighted by Gasteiger charge is -2.02. The molecule has 3 nitrogen and oxygen atoms in total. The number of aliphatic hydroxyl groups excluding tert-OH is 1. The number of hydrogen-bond donors (Lipinski definition) is 2. The molecule has 0 aliphatic heterocycles. The second kappa shape index (κ2) is 5.37. The summed E-state index contributed by atoms with van der Waals surface area (Å²) in [6, 6.07) is 8.39. The number of amidine groups is 1. The fourth-order valence-electron chi connectivity index (χ4n) is 1.32. The van der Waals surface area contributed by atoms with Crippen LogP contribution in [0.1, 0.15) is 24.0 Å². The average molecular weight is 236 g/mol. The van der Waals surface area contributed by atoms with Crippen LogP contribution in [0.3, 0.4) is 0 Å². The number of nitrogens with zero attached hydrogens (tertiary/aromatic N) is 1. The predicted octanol–water partition coefficient (Wildman–Crippen LogP) is 1.89. The van der Waals surface area contributed by atoms with Crippen LogP contribution in [0.5, 0.6) is 0 Å². The first-order valence-corrected chi connectivity index (χ1v) is 6.41. The van der Waals surface area contributed by atoms with E-state index in [2.05, 4.69) is 4.99 Å². The minimum atomic E-state index is 0.0959. The highest BCUT2D eigenvalue weighted by Crippen LogP contribution is 2.25. The van der Waals surface area contributed by atoms with Crippen LogP contribution in [-0.4, -0.2) is 16.3 Å². The first-order valence-electron chi connectivity index (χ1n) is 5.42. The third-order valence-corrected chi connectivity index (χ3v) is 3.33. The van der Waals surface area contributed by atoms with Crippen molar-refractivity contribution in [2.45, 2.75) is 31.2 Å². The smallest absolute Gasteiger partial charge is 0.154 e. The zero-order valence-corrected chi connectivity index (χ0v) is 9.91. The summed E-state index contributed by atoms with van der Waals surface area (Å²) in [7, 11) is 0. The van der Waals surface area contributed by atoms with Gasteiger partial charge >= 0.3 is 0 Å². The third kappa shape index (κ3) is 3.54. The predicted molar refractivity (Wildman–Crippen MR) is 68.3 cm³/mol. The highest BCUT2D eigenvalue weighted by molar-refractivity contribution is 8.13. The molecule has 0 bridgehead atoms. The van der Waals surface area contributed by atoms with E-state index < -0.39 is 0 Å². The van der Waals surface area contributed by atoms with E-state index >= 15 is 0 Å². The number of aliphatic hydroxyl groups is 1. The molecule has 1 aromatic carbocycles. The van der Waals surface area contributed by atoms with Crippen molar-refractivity contribution in [2.24, 2.45) is 10.7 Å². The lowest BCUT2D eigenvalue weighted by Crippen LogP contribution is -2.07. The van der Waals surface area contributed by atoms with Gasteiger partial charge in [-0.1, -0.05) is 36.0 Å². The fourth-order valence-corrected chi connectivity index (χ4v) is 2.05. The first-order chi connectivity index (χ1) is 7.78. The van der Waals surface area contributed by atoms with Crippen molar-refractivity contribution in [1.29, 1.82) is 0 Å². The summed E-state index contributed by atoms with van der Waals surface area (Å²) in [4.78, 5) is 4.35. The lowest BCUT2D eigenvalue weighted by atomic mass is 10.2. The summed E-state index contributed by atoms with van der Waals surface area (Å²) in [5.74, 6) is 0.841. The highest BCUT2D eigenvalue weighted by Gasteiger charge is 2.20. The second-order valence-electron chi connectivity index (χ2n) is 3.96. The molecule has 3 N–H and O–H groups in total. The van der Waals surface area contributed by atoms with Crippen molar-refractivity contribution in [3.8, 4) is 0 Å². The number of benzene rings is 1. The molecular weight excluding hydrogens is 220 g/mol. The summed E-state index contributed by atoms with van der Waals surface area (Å²) in [5.41, 5.74) is 7.93.